The fourth-order valence-corrected chi connectivity index (χ4v) is 2.87. The Morgan fingerprint density at radius 3 is 2.91 bits per heavy atom. The van der Waals surface area contributed by atoms with Crippen LogP contribution in [0.4, 0.5) is 3.89 Å². The number of rotatable bonds is 4. The highest BCUT2D eigenvalue weighted by atomic mass is 32.3. The summed E-state index contributed by atoms with van der Waals surface area (Å²) in [5.41, 5.74) is 0.648. The molecule has 2 aromatic rings. The highest BCUT2D eigenvalue weighted by Gasteiger charge is 2.38. The smallest absolute Gasteiger partial charge is 0.307 e. The Morgan fingerprint density at radius 2 is 2.27 bits per heavy atom. The fourth-order valence-electron chi connectivity index (χ4n) is 2.17. The average molecular weight is 326 g/mol. The standard InChI is InChI=1S/C12H11FN4O4S/c13-22(19,20)9-4-11(18)17(6-9)7-10-15-12(16-21-10)8-2-1-3-14-5-8/h1-3,5,9H,4,6-7H2. The Hall–Kier alpha value is -2.36. The van der Waals surface area contributed by atoms with Crippen molar-refractivity contribution >= 4 is 16.1 Å². The van der Waals surface area contributed by atoms with Crippen molar-refractivity contribution in [3.63, 3.8) is 0 Å². The molecule has 3 heterocycles. The minimum atomic E-state index is -4.74. The van der Waals surface area contributed by atoms with Crippen molar-refractivity contribution in [2.75, 3.05) is 6.54 Å². The van der Waals surface area contributed by atoms with Gasteiger partial charge in [-0.3, -0.25) is 9.78 Å². The third-order valence-electron chi connectivity index (χ3n) is 3.29. The second-order valence-electron chi connectivity index (χ2n) is 4.83. The molecule has 0 N–H and O–H groups in total. The van der Waals surface area contributed by atoms with Gasteiger partial charge in [0.1, 0.15) is 11.8 Å². The molecule has 8 nitrogen and oxygen atoms in total. The molecular formula is C12H11FN4O4S. The van der Waals surface area contributed by atoms with E-state index in [4.69, 9.17) is 4.52 Å². The van der Waals surface area contributed by atoms with Crippen molar-refractivity contribution < 1.29 is 21.6 Å². The zero-order valence-corrected chi connectivity index (χ0v) is 12.0. The van der Waals surface area contributed by atoms with Crippen molar-refractivity contribution in [2.24, 2.45) is 0 Å². The summed E-state index contributed by atoms with van der Waals surface area (Å²) in [7, 11) is -4.74. The van der Waals surface area contributed by atoms with Crippen molar-refractivity contribution in [3.8, 4) is 11.4 Å². The molecule has 0 spiro atoms. The molecule has 1 aliphatic heterocycles. The van der Waals surface area contributed by atoms with Crippen LogP contribution in [-0.4, -0.2) is 46.1 Å². The number of hydrogen-bond donors (Lipinski definition) is 0. The summed E-state index contributed by atoms with van der Waals surface area (Å²) in [6, 6.07) is 3.46. The third kappa shape index (κ3) is 2.96. The Morgan fingerprint density at radius 1 is 1.45 bits per heavy atom. The Labute approximate surface area is 125 Å². The average Bonchev–Trinajstić information content (AvgIpc) is 3.08. The van der Waals surface area contributed by atoms with E-state index in [9.17, 15) is 17.1 Å². The molecule has 2 aromatic heterocycles. The van der Waals surface area contributed by atoms with E-state index < -0.39 is 21.4 Å². The van der Waals surface area contributed by atoms with E-state index in [0.29, 0.717) is 11.4 Å². The summed E-state index contributed by atoms with van der Waals surface area (Å²) < 4.78 is 39.7. The number of amides is 1. The molecule has 22 heavy (non-hydrogen) atoms. The minimum absolute atomic E-state index is 0.0574. The molecule has 0 saturated carbocycles. The lowest BCUT2D eigenvalue weighted by atomic mass is 10.3. The van der Waals surface area contributed by atoms with Crippen molar-refractivity contribution in [3.05, 3.63) is 30.4 Å². The Kier molecular flexibility index (Phi) is 3.61. The first-order valence-corrected chi connectivity index (χ1v) is 7.82. The van der Waals surface area contributed by atoms with Gasteiger partial charge >= 0.3 is 10.2 Å². The van der Waals surface area contributed by atoms with Gasteiger partial charge in [0.2, 0.25) is 17.6 Å². The van der Waals surface area contributed by atoms with Gasteiger partial charge in [-0.05, 0) is 12.1 Å². The minimum Gasteiger partial charge on any atom is -0.337 e. The van der Waals surface area contributed by atoms with Crippen molar-refractivity contribution in [1.29, 1.82) is 0 Å². The van der Waals surface area contributed by atoms with Crippen LogP contribution in [0.15, 0.2) is 29.0 Å². The number of nitrogens with zero attached hydrogens (tertiary/aromatic N) is 4. The highest BCUT2D eigenvalue weighted by Crippen LogP contribution is 2.22. The summed E-state index contributed by atoms with van der Waals surface area (Å²) in [5.74, 6) is -0.0131. The second kappa shape index (κ2) is 5.44. The van der Waals surface area contributed by atoms with Gasteiger partial charge in [0.25, 0.3) is 0 Å². The first kappa shape index (κ1) is 14.6. The molecule has 0 aliphatic carbocycles. The lowest BCUT2D eigenvalue weighted by Gasteiger charge is -2.12. The maximum absolute atomic E-state index is 12.9. The number of pyridine rings is 1. The normalized spacial score (nSPS) is 18.9. The molecule has 1 atom stereocenters. The first-order chi connectivity index (χ1) is 10.4. The zero-order chi connectivity index (χ0) is 15.7. The van der Waals surface area contributed by atoms with E-state index in [2.05, 4.69) is 15.1 Å². The van der Waals surface area contributed by atoms with Gasteiger partial charge in [0.05, 0.1) is 0 Å². The quantitative estimate of drug-likeness (QED) is 0.754. The largest absolute Gasteiger partial charge is 0.337 e. The predicted molar refractivity (Wildman–Crippen MR) is 71.4 cm³/mol. The maximum Gasteiger partial charge on any atom is 0.307 e. The van der Waals surface area contributed by atoms with Crippen LogP contribution in [0.3, 0.4) is 0 Å². The van der Waals surface area contributed by atoms with Crippen LogP contribution < -0.4 is 0 Å². The van der Waals surface area contributed by atoms with Crippen LogP contribution in [-0.2, 0) is 21.6 Å². The maximum atomic E-state index is 12.9. The van der Waals surface area contributed by atoms with Gasteiger partial charge in [-0.1, -0.05) is 5.16 Å². The number of aromatic nitrogens is 3. The van der Waals surface area contributed by atoms with E-state index in [-0.39, 0.29) is 25.4 Å². The van der Waals surface area contributed by atoms with Crippen LogP contribution in [0.1, 0.15) is 12.3 Å². The Balaban J connectivity index is 1.72. The van der Waals surface area contributed by atoms with Crippen LogP contribution in [0, 0.1) is 0 Å². The molecule has 1 fully saturated rings. The van der Waals surface area contributed by atoms with Gasteiger partial charge in [-0.15, -0.1) is 3.89 Å². The van der Waals surface area contributed by atoms with Gasteiger partial charge in [-0.2, -0.15) is 13.4 Å². The number of carbonyl (C=O) groups excluding carboxylic acids is 1. The molecule has 116 valence electrons. The summed E-state index contributed by atoms with van der Waals surface area (Å²) in [5, 5.41) is 2.43. The summed E-state index contributed by atoms with van der Waals surface area (Å²) in [6.45, 7) is -0.277. The molecule has 1 amide bonds. The summed E-state index contributed by atoms with van der Waals surface area (Å²) in [4.78, 5) is 20.9. The monoisotopic (exact) mass is 326 g/mol. The molecule has 1 unspecified atom stereocenters. The topological polar surface area (TPSA) is 106 Å². The van der Waals surface area contributed by atoms with E-state index >= 15 is 0 Å². The predicted octanol–water partition coefficient (Wildman–Crippen LogP) is 0.532. The first-order valence-electron chi connectivity index (χ1n) is 6.38. The molecule has 3 rings (SSSR count). The van der Waals surface area contributed by atoms with Gasteiger partial charge in [0.15, 0.2) is 0 Å². The molecule has 0 bridgehead atoms. The molecule has 0 aromatic carbocycles. The molecule has 1 saturated heterocycles. The van der Waals surface area contributed by atoms with Gasteiger partial charge < -0.3 is 9.42 Å². The van der Waals surface area contributed by atoms with Crippen LogP contribution in [0.25, 0.3) is 11.4 Å². The number of carbonyl (C=O) groups is 1. The number of hydrogen-bond acceptors (Lipinski definition) is 7. The van der Waals surface area contributed by atoms with Crippen LogP contribution in [0.5, 0.6) is 0 Å². The van der Waals surface area contributed by atoms with Gasteiger partial charge in [-0.25, -0.2) is 0 Å². The SMILES string of the molecule is O=C1CC(S(=O)(=O)F)CN1Cc1nc(-c2cccnc2)no1. The lowest BCUT2D eigenvalue weighted by molar-refractivity contribution is -0.128. The third-order valence-corrected chi connectivity index (χ3v) is 4.40. The fraction of sp³-hybridized carbons (Fsp3) is 0.333. The molecule has 0 radical (unpaired) electrons. The van der Waals surface area contributed by atoms with Crippen molar-refractivity contribution in [2.45, 2.75) is 18.2 Å². The second-order valence-corrected chi connectivity index (χ2v) is 6.45. The summed E-state index contributed by atoms with van der Waals surface area (Å²) in [6.07, 6.45) is 2.79. The van der Waals surface area contributed by atoms with Gasteiger partial charge in [0, 0.05) is 30.9 Å². The Bertz CT molecular complexity index is 792. The molecule has 10 heteroatoms. The van der Waals surface area contributed by atoms with Crippen LogP contribution >= 0.6 is 0 Å². The van der Waals surface area contributed by atoms with E-state index in [1.165, 1.54) is 4.90 Å². The van der Waals surface area contributed by atoms with Crippen molar-refractivity contribution in [1.82, 2.24) is 20.0 Å². The molecular weight excluding hydrogens is 315 g/mol. The zero-order valence-electron chi connectivity index (χ0n) is 11.2. The van der Waals surface area contributed by atoms with E-state index in [1.54, 1.807) is 24.5 Å². The lowest BCUT2D eigenvalue weighted by Crippen LogP contribution is -2.26. The van der Waals surface area contributed by atoms with Crippen LogP contribution in [0.2, 0.25) is 0 Å². The van der Waals surface area contributed by atoms with E-state index in [0.717, 1.165) is 0 Å². The number of halogens is 1. The molecule has 1 aliphatic rings. The van der Waals surface area contributed by atoms with E-state index in [1.807, 2.05) is 0 Å². The number of likely N-dealkylation sites (tertiary alicyclic amines) is 1. The summed E-state index contributed by atoms with van der Waals surface area (Å²) >= 11 is 0. The highest BCUT2D eigenvalue weighted by molar-refractivity contribution is 7.87.